The van der Waals surface area contributed by atoms with Crippen molar-refractivity contribution in [3.8, 4) is 0 Å². The number of hydrogen-bond acceptors (Lipinski definition) is 2. The molecule has 2 saturated heterocycles. The standard InChI is InChI=1S/2C7H11NO/c2*9-7-5-3-1-2-4-6(5)8-7/h2*5-6H,1-4H2,(H,8,9)/t2*5-,6+/m10/s1. The van der Waals surface area contributed by atoms with Gasteiger partial charge in [-0.05, 0) is 25.7 Å². The van der Waals surface area contributed by atoms with Gasteiger partial charge in [-0.25, -0.2) is 0 Å². The highest BCUT2D eigenvalue weighted by molar-refractivity contribution is 5.86. The second kappa shape index (κ2) is 4.90. The first-order valence-corrected chi connectivity index (χ1v) is 7.36. The van der Waals surface area contributed by atoms with E-state index in [2.05, 4.69) is 10.6 Å². The topological polar surface area (TPSA) is 58.2 Å². The number of hydrogen-bond donors (Lipinski definition) is 2. The van der Waals surface area contributed by atoms with Crippen LogP contribution in [-0.2, 0) is 9.59 Å². The highest BCUT2D eigenvalue weighted by atomic mass is 16.2. The maximum Gasteiger partial charge on any atom is 0.225 e. The molecule has 2 aliphatic heterocycles. The zero-order chi connectivity index (χ0) is 12.5. The quantitative estimate of drug-likeness (QED) is 0.638. The van der Waals surface area contributed by atoms with Crippen molar-refractivity contribution in [3.63, 3.8) is 0 Å². The van der Waals surface area contributed by atoms with E-state index in [9.17, 15) is 9.59 Å². The molecule has 0 bridgehead atoms. The summed E-state index contributed by atoms with van der Waals surface area (Å²) < 4.78 is 0. The van der Waals surface area contributed by atoms with E-state index in [4.69, 9.17) is 0 Å². The molecule has 0 spiro atoms. The first kappa shape index (κ1) is 12.0. The van der Waals surface area contributed by atoms with Gasteiger partial charge < -0.3 is 10.6 Å². The largest absolute Gasteiger partial charge is 0.352 e. The van der Waals surface area contributed by atoms with Crippen molar-refractivity contribution >= 4 is 11.8 Å². The number of fused-ring (bicyclic) bond motifs is 2. The highest BCUT2D eigenvalue weighted by Crippen LogP contribution is 2.31. The van der Waals surface area contributed by atoms with Crippen molar-refractivity contribution in [2.24, 2.45) is 11.8 Å². The third kappa shape index (κ3) is 2.13. The summed E-state index contributed by atoms with van der Waals surface area (Å²) in [4.78, 5) is 21.5. The number of carbonyl (C=O) groups is 2. The van der Waals surface area contributed by atoms with Crippen LogP contribution in [0.4, 0.5) is 0 Å². The SMILES string of the molecule is O=C1N[C@@H]2CCCC[C@H]12.O=C1N[C@H]2CCCC[C@@H]12. The molecule has 0 aromatic carbocycles. The summed E-state index contributed by atoms with van der Waals surface area (Å²) in [5.41, 5.74) is 0. The molecule has 4 atom stereocenters. The third-order valence-corrected chi connectivity index (χ3v) is 4.86. The van der Waals surface area contributed by atoms with Crippen molar-refractivity contribution in [1.29, 1.82) is 0 Å². The van der Waals surface area contributed by atoms with E-state index in [0.29, 0.717) is 35.7 Å². The molecule has 0 aromatic rings. The minimum absolute atomic E-state index is 0.291. The van der Waals surface area contributed by atoms with Crippen LogP contribution in [0.1, 0.15) is 51.4 Å². The van der Waals surface area contributed by atoms with Crippen LogP contribution in [0.2, 0.25) is 0 Å². The molecule has 18 heavy (non-hydrogen) atoms. The van der Waals surface area contributed by atoms with Crippen LogP contribution in [-0.4, -0.2) is 23.9 Å². The molecule has 4 aliphatic rings. The molecule has 2 N–H and O–H groups in total. The Balaban J connectivity index is 0.000000111. The summed E-state index contributed by atoms with van der Waals surface area (Å²) in [5, 5.41) is 5.81. The normalized spacial score (nSPS) is 40.7. The van der Waals surface area contributed by atoms with E-state index in [1.54, 1.807) is 0 Å². The fourth-order valence-corrected chi connectivity index (χ4v) is 3.62. The lowest BCUT2D eigenvalue weighted by Crippen LogP contribution is -2.59. The molecular formula is C14H22N2O2. The molecule has 100 valence electrons. The lowest BCUT2D eigenvalue weighted by molar-refractivity contribution is -0.137. The predicted molar refractivity (Wildman–Crippen MR) is 67.8 cm³/mol. The van der Waals surface area contributed by atoms with Crippen molar-refractivity contribution in [1.82, 2.24) is 10.6 Å². The van der Waals surface area contributed by atoms with E-state index < -0.39 is 0 Å². The molecular weight excluding hydrogens is 228 g/mol. The van der Waals surface area contributed by atoms with Gasteiger partial charge in [-0.3, -0.25) is 9.59 Å². The monoisotopic (exact) mass is 250 g/mol. The smallest absolute Gasteiger partial charge is 0.225 e. The Hall–Kier alpha value is -1.06. The van der Waals surface area contributed by atoms with Crippen molar-refractivity contribution in [3.05, 3.63) is 0 Å². The summed E-state index contributed by atoms with van der Waals surface area (Å²) in [6.07, 6.45) is 9.84. The molecule has 0 radical (unpaired) electrons. The van der Waals surface area contributed by atoms with Gasteiger partial charge in [0.2, 0.25) is 11.8 Å². The van der Waals surface area contributed by atoms with Gasteiger partial charge in [-0.2, -0.15) is 0 Å². The Morgan fingerprint density at radius 2 is 1.06 bits per heavy atom. The molecule has 2 heterocycles. The first-order chi connectivity index (χ1) is 8.75. The van der Waals surface area contributed by atoms with Crippen LogP contribution >= 0.6 is 0 Å². The van der Waals surface area contributed by atoms with Gasteiger partial charge in [0.25, 0.3) is 0 Å². The summed E-state index contributed by atoms with van der Waals surface area (Å²) in [5.74, 6) is 1.39. The molecule has 0 unspecified atom stereocenters. The Morgan fingerprint density at radius 3 is 1.33 bits per heavy atom. The van der Waals surface area contributed by atoms with Crippen LogP contribution < -0.4 is 10.6 Å². The summed E-state index contributed by atoms with van der Waals surface area (Å²) in [6, 6.07) is 1.12. The zero-order valence-electron chi connectivity index (χ0n) is 10.8. The Labute approximate surface area is 108 Å². The molecule has 0 aromatic heterocycles. The fraction of sp³-hybridized carbons (Fsp3) is 0.857. The minimum Gasteiger partial charge on any atom is -0.352 e. The second-order valence-corrected chi connectivity index (χ2v) is 6.01. The second-order valence-electron chi connectivity index (χ2n) is 6.01. The van der Waals surface area contributed by atoms with Gasteiger partial charge in [0.05, 0.1) is 11.8 Å². The molecule has 4 heteroatoms. The van der Waals surface area contributed by atoms with Crippen molar-refractivity contribution in [2.75, 3.05) is 0 Å². The Morgan fingerprint density at radius 1 is 0.667 bits per heavy atom. The summed E-state index contributed by atoms with van der Waals surface area (Å²) in [7, 11) is 0. The van der Waals surface area contributed by atoms with Crippen molar-refractivity contribution < 1.29 is 9.59 Å². The average Bonchev–Trinajstić information content (AvgIpc) is 2.37. The fourth-order valence-electron chi connectivity index (χ4n) is 3.62. The van der Waals surface area contributed by atoms with E-state index in [-0.39, 0.29) is 0 Å². The number of amides is 2. The van der Waals surface area contributed by atoms with Crippen LogP contribution in [0.3, 0.4) is 0 Å². The molecule has 4 rings (SSSR count). The molecule has 2 saturated carbocycles. The third-order valence-electron chi connectivity index (χ3n) is 4.86. The molecule has 4 nitrogen and oxygen atoms in total. The van der Waals surface area contributed by atoms with Gasteiger partial charge in [0.1, 0.15) is 0 Å². The predicted octanol–water partition coefficient (Wildman–Crippen LogP) is 1.35. The van der Waals surface area contributed by atoms with Crippen LogP contribution in [0, 0.1) is 11.8 Å². The molecule has 2 aliphatic carbocycles. The Bertz CT molecular complexity index is 322. The first-order valence-electron chi connectivity index (χ1n) is 7.36. The van der Waals surface area contributed by atoms with E-state index in [1.165, 1.54) is 38.5 Å². The van der Waals surface area contributed by atoms with E-state index >= 15 is 0 Å². The minimum atomic E-state index is 0.291. The maximum absolute atomic E-state index is 10.8. The Kier molecular flexibility index (Phi) is 3.27. The summed E-state index contributed by atoms with van der Waals surface area (Å²) >= 11 is 0. The molecule has 4 fully saturated rings. The maximum atomic E-state index is 10.8. The molecule has 2 amide bonds. The van der Waals surface area contributed by atoms with Crippen LogP contribution in [0.5, 0.6) is 0 Å². The zero-order valence-corrected chi connectivity index (χ0v) is 10.8. The lowest BCUT2D eigenvalue weighted by atomic mass is 9.78. The average molecular weight is 250 g/mol. The van der Waals surface area contributed by atoms with E-state index in [0.717, 1.165) is 12.8 Å². The number of nitrogens with one attached hydrogen (secondary N) is 2. The summed E-state index contributed by atoms with van der Waals surface area (Å²) in [6.45, 7) is 0. The number of carbonyl (C=O) groups excluding carboxylic acids is 2. The van der Waals surface area contributed by atoms with Crippen LogP contribution in [0.15, 0.2) is 0 Å². The van der Waals surface area contributed by atoms with Gasteiger partial charge in [-0.1, -0.05) is 25.7 Å². The van der Waals surface area contributed by atoms with Crippen molar-refractivity contribution in [2.45, 2.75) is 63.5 Å². The van der Waals surface area contributed by atoms with Gasteiger partial charge in [0, 0.05) is 12.1 Å². The van der Waals surface area contributed by atoms with Crippen LogP contribution in [0.25, 0.3) is 0 Å². The highest BCUT2D eigenvalue weighted by Gasteiger charge is 2.40. The van der Waals surface area contributed by atoms with Gasteiger partial charge in [0.15, 0.2) is 0 Å². The number of rotatable bonds is 0. The van der Waals surface area contributed by atoms with Gasteiger partial charge in [-0.15, -0.1) is 0 Å². The lowest BCUT2D eigenvalue weighted by Gasteiger charge is -2.40. The number of β-lactam (4-membered cyclic amide) rings is 2. The van der Waals surface area contributed by atoms with E-state index in [1.807, 2.05) is 0 Å². The van der Waals surface area contributed by atoms with Gasteiger partial charge >= 0.3 is 0 Å².